The first kappa shape index (κ1) is 13.8. The van der Waals surface area contributed by atoms with Crippen LogP contribution in [0, 0.1) is 6.07 Å². The van der Waals surface area contributed by atoms with Crippen LogP contribution in [0.5, 0.6) is 0 Å². The molecule has 0 N–H and O–H groups in total. The SMILES string of the molecule is [c]1ccccc1-c1ccc2c(ccc3c4c(ccc32)CCCC4)c1. The fourth-order valence-electron chi connectivity index (χ4n) is 4.14. The van der Waals surface area contributed by atoms with E-state index < -0.39 is 0 Å². The second kappa shape index (κ2) is 5.49. The van der Waals surface area contributed by atoms with Gasteiger partial charge in [0.25, 0.3) is 0 Å². The summed E-state index contributed by atoms with van der Waals surface area (Å²) < 4.78 is 0. The Balaban J connectivity index is 1.74. The van der Waals surface area contributed by atoms with Gasteiger partial charge in [-0.1, -0.05) is 60.7 Å². The zero-order chi connectivity index (χ0) is 15.9. The van der Waals surface area contributed by atoms with E-state index in [0.717, 1.165) is 5.56 Å². The van der Waals surface area contributed by atoms with Gasteiger partial charge in [-0.05, 0) is 81.6 Å². The first-order valence-electron chi connectivity index (χ1n) is 8.84. The highest BCUT2D eigenvalue weighted by Crippen LogP contribution is 2.34. The lowest BCUT2D eigenvalue weighted by molar-refractivity contribution is 0.690. The van der Waals surface area contributed by atoms with E-state index in [2.05, 4.69) is 60.7 Å². The summed E-state index contributed by atoms with van der Waals surface area (Å²) in [7, 11) is 0. The van der Waals surface area contributed by atoms with E-state index >= 15 is 0 Å². The van der Waals surface area contributed by atoms with Crippen molar-refractivity contribution < 1.29 is 0 Å². The molecule has 0 fully saturated rings. The van der Waals surface area contributed by atoms with E-state index in [0.29, 0.717) is 0 Å². The molecule has 0 unspecified atom stereocenters. The van der Waals surface area contributed by atoms with Crippen molar-refractivity contribution in [3.8, 4) is 11.1 Å². The summed E-state index contributed by atoms with van der Waals surface area (Å²) in [5.74, 6) is 0. The van der Waals surface area contributed by atoms with Crippen molar-refractivity contribution in [3.63, 3.8) is 0 Å². The Morgan fingerprint density at radius 3 is 2.50 bits per heavy atom. The molecule has 0 nitrogen and oxygen atoms in total. The molecular weight excluding hydrogens is 288 g/mol. The second-order valence-electron chi connectivity index (χ2n) is 6.78. The highest BCUT2D eigenvalue weighted by Gasteiger charge is 2.13. The predicted octanol–water partition coefficient (Wildman–Crippen LogP) is 6.34. The van der Waals surface area contributed by atoms with Crippen LogP contribution in [0.1, 0.15) is 24.0 Å². The number of hydrogen-bond donors (Lipinski definition) is 0. The van der Waals surface area contributed by atoms with Crippen LogP contribution in [-0.4, -0.2) is 0 Å². The third-order valence-electron chi connectivity index (χ3n) is 5.37. The zero-order valence-electron chi connectivity index (χ0n) is 13.7. The Hall–Kier alpha value is -2.60. The van der Waals surface area contributed by atoms with Crippen LogP contribution in [0.15, 0.2) is 66.7 Å². The van der Waals surface area contributed by atoms with Gasteiger partial charge in [-0.25, -0.2) is 0 Å². The number of aryl methyl sites for hydroxylation is 2. The molecule has 0 heteroatoms. The smallest absolute Gasteiger partial charge is 0.00992 e. The average molecular weight is 307 g/mol. The van der Waals surface area contributed by atoms with Gasteiger partial charge in [0.1, 0.15) is 0 Å². The van der Waals surface area contributed by atoms with E-state index in [1.54, 1.807) is 11.1 Å². The molecule has 4 aromatic rings. The zero-order valence-corrected chi connectivity index (χ0v) is 13.7. The van der Waals surface area contributed by atoms with Gasteiger partial charge in [-0.3, -0.25) is 0 Å². The predicted molar refractivity (Wildman–Crippen MR) is 102 cm³/mol. The maximum atomic E-state index is 3.33. The number of fused-ring (bicyclic) bond motifs is 5. The lowest BCUT2D eigenvalue weighted by atomic mass is 9.86. The molecular formula is C24H19. The van der Waals surface area contributed by atoms with Crippen LogP contribution in [0.3, 0.4) is 0 Å². The third-order valence-corrected chi connectivity index (χ3v) is 5.37. The number of benzene rings is 4. The van der Waals surface area contributed by atoms with Crippen molar-refractivity contribution in [2.75, 3.05) is 0 Å². The molecule has 115 valence electrons. The van der Waals surface area contributed by atoms with Crippen LogP contribution in [0.25, 0.3) is 32.7 Å². The molecule has 1 radical (unpaired) electrons. The van der Waals surface area contributed by atoms with Gasteiger partial charge in [-0.15, -0.1) is 0 Å². The van der Waals surface area contributed by atoms with Crippen molar-refractivity contribution in [1.29, 1.82) is 0 Å². The first-order chi connectivity index (χ1) is 11.9. The summed E-state index contributed by atoms with van der Waals surface area (Å²) in [6.45, 7) is 0. The normalized spacial score (nSPS) is 14.0. The molecule has 0 saturated heterocycles. The van der Waals surface area contributed by atoms with Crippen molar-refractivity contribution in [2.24, 2.45) is 0 Å². The molecule has 0 heterocycles. The molecule has 0 aliphatic heterocycles. The van der Waals surface area contributed by atoms with Crippen LogP contribution < -0.4 is 0 Å². The minimum absolute atomic E-state index is 1.16. The fourth-order valence-corrected chi connectivity index (χ4v) is 4.14. The largest absolute Gasteiger partial charge is 0.0616 e. The summed E-state index contributed by atoms with van der Waals surface area (Å²) in [5, 5.41) is 5.53. The minimum Gasteiger partial charge on any atom is -0.0616 e. The van der Waals surface area contributed by atoms with E-state index in [1.165, 1.54) is 52.8 Å². The summed E-state index contributed by atoms with van der Waals surface area (Å²) in [4.78, 5) is 0. The van der Waals surface area contributed by atoms with E-state index in [-0.39, 0.29) is 0 Å². The van der Waals surface area contributed by atoms with Gasteiger partial charge in [0.15, 0.2) is 0 Å². The van der Waals surface area contributed by atoms with Crippen LogP contribution in [0.2, 0.25) is 0 Å². The fraction of sp³-hybridized carbons (Fsp3) is 0.167. The van der Waals surface area contributed by atoms with Gasteiger partial charge < -0.3 is 0 Å². The molecule has 5 rings (SSSR count). The van der Waals surface area contributed by atoms with E-state index in [4.69, 9.17) is 0 Å². The van der Waals surface area contributed by atoms with Gasteiger partial charge >= 0.3 is 0 Å². The van der Waals surface area contributed by atoms with E-state index in [1.807, 2.05) is 12.1 Å². The monoisotopic (exact) mass is 307 g/mol. The maximum absolute atomic E-state index is 3.33. The van der Waals surface area contributed by atoms with Gasteiger partial charge in [0.2, 0.25) is 0 Å². The topological polar surface area (TPSA) is 0 Å². The van der Waals surface area contributed by atoms with Crippen molar-refractivity contribution in [1.82, 2.24) is 0 Å². The maximum Gasteiger partial charge on any atom is -0.00992 e. The highest BCUT2D eigenvalue weighted by atomic mass is 14.2. The van der Waals surface area contributed by atoms with Gasteiger partial charge in [-0.2, -0.15) is 0 Å². The lowest BCUT2D eigenvalue weighted by Gasteiger charge is -2.19. The van der Waals surface area contributed by atoms with Crippen molar-refractivity contribution >= 4 is 21.5 Å². The molecule has 0 atom stereocenters. The summed E-state index contributed by atoms with van der Waals surface area (Å²) in [5.41, 5.74) is 5.54. The highest BCUT2D eigenvalue weighted by molar-refractivity contribution is 6.09. The molecule has 0 bridgehead atoms. The quantitative estimate of drug-likeness (QED) is 0.360. The average Bonchev–Trinajstić information content (AvgIpc) is 2.67. The lowest BCUT2D eigenvalue weighted by Crippen LogP contribution is -2.03. The van der Waals surface area contributed by atoms with E-state index in [9.17, 15) is 0 Å². The Morgan fingerprint density at radius 1 is 0.708 bits per heavy atom. The molecule has 24 heavy (non-hydrogen) atoms. The molecule has 4 aromatic carbocycles. The molecule has 0 saturated carbocycles. The van der Waals surface area contributed by atoms with Crippen LogP contribution in [-0.2, 0) is 12.8 Å². The molecule has 0 amide bonds. The minimum atomic E-state index is 1.16. The number of rotatable bonds is 1. The summed E-state index contributed by atoms with van der Waals surface area (Å²) in [6, 6.07) is 27.6. The molecule has 0 aromatic heterocycles. The first-order valence-corrected chi connectivity index (χ1v) is 8.84. The second-order valence-corrected chi connectivity index (χ2v) is 6.78. The Kier molecular flexibility index (Phi) is 3.16. The van der Waals surface area contributed by atoms with Crippen molar-refractivity contribution in [3.05, 3.63) is 83.9 Å². The summed E-state index contributed by atoms with van der Waals surface area (Å²) >= 11 is 0. The Labute approximate surface area is 142 Å². The standard InChI is InChI=1S/C24H19/c1-2-6-17(7-3-1)19-11-13-22-20(16-19)12-15-23-21-9-5-4-8-18(21)10-14-24(22)23/h1-3,6,10-16H,4-5,8-9H2. The third kappa shape index (κ3) is 2.14. The summed E-state index contributed by atoms with van der Waals surface area (Å²) in [6.07, 6.45) is 5.14. The Bertz CT molecular complexity index is 1040. The van der Waals surface area contributed by atoms with Crippen LogP contribution in [0.4, 0.5) is 0 Å². The molecule has 1 aliphatic rings. The molecule has 0 spiro atoms. The van der Waals surface area contributed by atoms with Gasteiger partial charge in [0.05, 0.1) is 0 Å². The molecule has 1 aliphatic carbocycles. The number of hydrogen-bond acceptors (Lipinski definition) is 0. The van der Waals surface area contributed by atoms with Crippen molar-refractivity contribution in [2.45, 2.75) is 25.7 Å². The van der Waals surface area contributed by atoms with Gasteiger partial charge in [0, 0.05) is 0 Å². The Morgan fingerprint density at radius 2 is 1.58 bits per heavy atom. The van der Waals surface area contributed by atoms with Crippen LogP contribution >= 0.6 is 0 Å².